The molecule has 4 heteroatoms. The Morgan fingerprint density at radius 1 is 1.32 bits per heavy atom. The van der Waals surface area contributed by atoms with E-state index in [-0.39, 0.29) is 27.8 Å². The summed E-state index contributed by atoms with van der Waals surface area (Å²) in [5.74, 6) is -0.000576. The van der Waals surface area contributed by atoms with Gasteiger partial charge in [0.1, 0.15) is 0 Å². The lowest BCUT2D eigenvalue weighted by Gasteiger charge is -2.38. The van der Waals surface area contributed by atoms with E-state index in [9.17, 15) is 4.79 Å². The molecule has 1 spiro atoms. The van der Waals surface area contributed by atoms with E-state index in [1.807, 2.05) is 31.0 Å². The Hall–Kier alpha value is -1.81. The fourth-order valence-electron chi connectivity index (χ4n) is 4.35. The number of nitrogens with zero attached hydrogens (tertiary/aromatic N) is 1. The summed E-state index contributed by atoms with van der Waals surface area (Å²) in [5, 5.41) is 0.214. The highest BCUT2D eigenvalue weighted by atomic mass is 32.2. The fourth-order valence-corrected chi connectivity index (χ4v) is 6.44. The summed E-state index contributed by atoms with van der Waals surface area (Å²) in [7, 11) is 0. The van der Waals surface area contributed by atoms with Crippen LogP contribution >= 0.6 is 11.8 Å². The first-order chi connectivity index (χ1) is 12.2. The number of carbonyl (C=O) groups is 1. The lowest BCUT2D eigenvalue weighted by Crippen LogP contribution is -2.44. The van der Waals surface area contributed by atoms with Gasteiger partial charge >= 0.3 is 5.97 Å². The molecule has 0 N–H and O–H groups in total. The molecule has 0 aromatic heterocycles. The van der Waals surface area contributed by atoms with Crippen molar-refractivity contribution in [3.63, 3.8) is 0 Å². The highest BCUT2D eigenvalue weighted by Gasteiger charge is 2.58. The molecular weight excluding hydrogens is 330 g/mol. The van der Waals surface area contributed by atoms with E-state index in [1.54, 1.807) is 0 Å². The van der Waals surface area contributed by atoms with Crippen LogP contribution in [0.3, 0.4) is 0 Å². The van der Waals surface area contributed by atoms with Crippen LogP contribution in [0.5, 0.6) is 0 Å². The normalized spacial score (nSPS) is 32.7. The van der Waals surface area contributed by atoms with Crippen molar-refractivity contribution in [2.45, 2.75) is 36.2 Å². The van der Waals surface area contributed by atoms with Gasteiger partial charge in [0.25, 0.3) is 0 Å². The smallest absolute Gasteiger partial charge is 0.310 e. The summed E-state index contributed by atoms with van der Waals surface area (Å²) in [4.78, 5) is 17.5. The van der Waals surface area contributed by atoms with Crippen molar-refractivity contribution >= 4 is 23.4 Å². The Labute approximate surface area is 153 Å². The Bertz CT molecular complexity index is 740. The molecule has 1 aliphatic carbocycles. The van der Waals surface area contributed by atoms with Crippen LogP contribution < -0.4 is 0 Å². The number of hydrogen-bond donors (Lipinski definition) is 0. The first-order valence-electron chi connectivity index (χ1n) is 9.02. The molecule has 0 bridgehead atoms. The summed E-state index contributed by atoms with van der Waals surface area (Å²) in [6, 6.07) is 10.5. The zero-order valence-corrected chi connectivity index (χ0v) is 15.2. The quantitative estimate of drug-likeness (QED) is 0.601. The molecule has 4 unspecified atom stereocenters. The number of benzene rings is 1. The number of rotatable bonds is 4. The van der Waals surface area contributed by atoms with Crippen LogP contribution in [-0.2, 0) is 16.0 Å². The average Bonchev–Trinajstić information content (AvgIpc) is 2.94. The molecule has 0 radical (unpaired) electrons. The van der Waals surface area contributed by atoms with E-state index >= 15 is 0 Å². The van der Waals surface area contributed by atoms with E-state index < -0.39 is 0 Å². The number of hydrogen-bond acceptors (Lipinski definition) is 4. The van der Waals surface area contributed by atoms with Crippen LogP contribution in [0, 0.1) is 11.8 Å². The largest absolute Gasteiger partial charge is 0.466 e. The Morgan fingerprint density at radius 3 is 2.96 bits per heavy atom. The van der Waals surface area contributed by atoms with Gasteiger partial charge < -0.3 is 4.74 Å². The summed E-state index contributed by atoms with van der Waals surface area (Å²) in [6.07, 6.45) is 11.2. The SMILES string of the molecule is CCOC(=O)C1C(Cc2ccccc2)SC23CC=CCC2=NC=CC13. The van der Waals surface area contributed by atoms with Crippen molar-refractivity contribution < 1.29 is 9.53 Å². The van der Waals surface area contributed by atoms with Crippen molar-refractivity contribution in [3.05, 3.63) is 60.3 Å². The standard InChI is InChI=1S/C21H23NO2S/c1-2-24-20(23)19-16-11-13-22-18-10-6-7-12-21(16,18)25-17(19)14-15-8-4-3-5-9-15/h3-9,11,13,16-17,19H,2,10,12,14H2,1H3. The first-order valence-corrected chi connectivity index (χ1v) is 9.90. The summed E-state index contributed by atoms with van der Waals surface area (Å²) in [5.41, 5.74) is 2.50. The molecule has 1 aromatic carbocycles. The molecule has 1 saturated heterocycles. The molecule has 3 nitrogen and oxygen atoms in total. The summed E-state index contributed by atoms with van der Waals surface area (Å²) in [6.45, 7) is 2.32. The third-order valence-electron chi connectivity index (χ3n) is 5.44. The van der Waals surface area contributed by atoms with Crippen LogP contribution in [0.2, 0.25) is 0 Å². The molecule has 0 amide bonds. The van der Waals surface area contributed by atoms with Gasteiger partial charge in [-0.2, -0.15) is 0 Å². The van der Waals surface area contributed by atoms with Crippen molar-refractivity contribution in [1.82, 2.24) is 0 Å². The lowest BCUT2D eigenvalue weighted by molar-refractivity contribution is -0.149. The van der Waals surface area contributed by atoms with E-state index in [1.165, 1.54) is 11.3 Å². The number of esters is 1. The molecule has 0 saturated carbocycles. The first kappa shape index (κ1) is 16.6. The maximum atomic E-state index is 12.8. The maximum Gasteiger partial charge on any atom is 0.310 e. The van der Waals surface area contributed by atoms with Crippen LogP contribution in [-0.4, -0.2) is 28.3 Å². The highest BCUT2D eigenvalue weighted by Crippen LogP contribution is 2.58. The number of carbonyl (C=O) groups excluding carboxylic acids is 1. The fraction of sp³-hybridized carbons (Fsp3) is 0.429. The topological polar surface area (TPSA) is 38.7 Å². The monoisotopic (exact) mass is 353 g/mol. The van der Waals surface area contributed by atoms with E-state index in [2.05, 4.69) is 47.5 Å². The minimum atomic E-state index is -0.113. The van der Waals surface area contributed by atoms with Crippen molar-refractivity contribution in [2.75, 3.05) is 6.61 Å². The predicted octanol–water partition coefficient (Wildman–Crippen LogP) is 4.20. The van der Waals surface area contributed by atoms with Crippen molar-refractivity contribution in [1.29, 1.82) is 0 Å². The van der Waals surface area contributed by atoms with Gasteiger partial charge in [0.05, 0.1) is 17.3 Å². The van der Waals surface area contributed by atoms with E-state index in [0.29, 0.717) is 6.61 Å². The zero-order valence-electron chi connectivity index (χ0n) is 14.4. The number of allylic oxidation sites excluding steroid dienone is 3. The molecule has 4 rings (SSSR count). The predicted molar refractivity (Wildman–Crippen MR) is 103 cm³/mol. The number of ether oxygens (including phenoxy) is 1. The van der Waals surface area contributed by atoms with Crippen LogP contribution in [0.25, 0.3) is 0 Å². The minimum Gasteiger partial charge on any atom is -0.466 e. The van der Waals surface area contributed by atoms with E-state index in [0.717, 1.165) is 19.3 Å². The second-order valence-corrected chi connectivity index (χ2v) is 8.41. The third-order valence-corrected chi connectivity index (χ3v) is 7.29. The van der Waals surface area contributed by atoms with Crippen LogP contribution in [0.15, 0.2) is 59.8 Å². The molecule has 1 fully saturated rings. The molecule has 130 valence electrons. The Balaban J connectivity index is 1.70. The highest BCUT2D eigenvalue weighted by molar-refractivity contribution is 8.02. The van der Waals surface area contributed by atoms with Gasteiger partial charge in [-0.15, -0.1) is 11.8 Å². The second-order valence-electron chi connectivity index (χ2n) is 6.84. The third kappa shape index (κ3) is 2.86. The molecule has 25 heavy (non-hydrogen) atoms. The lowest BCUT2D eigenvalue weighted by atomic mass is 9.72. The van der Waals surface area contributed by atoms with Gasteiger partial charge in [0.2, 0.25) is 0 Å². The summed E-state index contributed by atoms with van der Waals surface area (Å²) < 4.78 is 5.41. The molecular formula is C21H23NO2S. The van der Waals surface area contributed by atoms with Gasteiger partial charge in [-0.3, -0.25) is 9.79 Å². The molecule has 3 aliphatic rings. The van der Waals surface area contributed by atoms with Gasteiger partial charge in [-0.05, 0) is 25.3 Å². The Morgan fingerprint density at radius 2 is 2.16 bits per heavy atom. The minimum absolute atomic E-state index is 0.0572. The summed E-state index contributed by atoms with van der Waals surface area (Å²) >= 11 is 1.95. The van der Waals surface area contributed by atoms with E-state index in [4.69, 9.17) is 4.74 Å². The zero-order chi connectivity index (χ0) is 17.3. The maximum absolute atomic E-state index is 12.8. The molecule has 2 aliphatic heterocycles. The van der Waals surface area contributed by atoms with Crippen LogP contribution in [0.4, 0.5) is 0 Å². The van der Waals surface area contributed by atoms with Gasteiger partial charge in [-0.25, -0.2) is 0 Å². The van der Waals surface area contributed by atoms with Crippen molar-refractivity contribution in [3.8, 4) is 0 Å². The van der Waals surface area contributed by atoms with Crippen molar-refractivity contribution in [2.24, 2.45) is 16.8 Å². The molecule has 1 aromatic rings. The molecule has 2 heterocycles. The average molecular weight is 353 g/mol. The van der Waals surface area contributed by atoms with Crippen LogP contribution in [0.1, 0.15) is 25.3 Å². The van der Waals surface area contributed by atoms with Gasteiger partial charge in [0.15, 0.2) is 0 Å². The second kappa shape index (κ2) is 6.83. The molecule has 4 atom stereocenters. The van der Waals surface area contributed by atoms with Gasteiger partial charge in [0, 0.05) is 29.5 Å². The number of aliphatic imine (C=N–C) groups is 1. The Kier molecular flexibility index (Phi) is 4.55. The number of thioether (sulfide) groups is 1. The van der Waals surface area contributed by atoms with Gasteiger partial charge in [-0.1, -0.05) is 48.6 Å².